The fourth-order valence-electron chi connectivity index (χ4n) is 1.76. The van der Waals surface area contributed by atoms with Crippen molar-refractivity contribution in [1.82, 2.24) is 0 Å². The van der Waals surface area contributed by atoms with Crippen molar-refractivity contribution in [3.8, 4) is 5.75 Å². The van der Waals surface area contributed by atoms with Crippen molar-refractivity contribution >= 4 is 5.97 Å². The molecule has 2 N–H and O–H groups in total. The van der Waals surface area contributed by atoms with Crippen LogP contribution in [0.4, 0.5) is 0 Å². The predicted molar refractivity (Wildman–Crippen MR) is 67.2 cm³/mol. The molecule has 0 spiro atoms. The second kappa shape index (κ2) is 5.21. The Morgan fingerprint density at radius 1 is 1.29 bits per heavy atom. The average molecular weight is 236 g/mol. The van der Waals surface area contributed by atoms with E-state index < -0.39 is 5.97 Å². The summed E-state index contributed by atoms with van der Waals surface area (Å²) >= 11 is 0. The van der Waals surface area contributed by atoms with Crippen molar-refractivity contribution in [3.63, 3.8) is 0 Å². The number of benzene rings is 1. The third-order valence-corrected chi connectivity index (χ3v) is 3.27. The Morgan fingerprint density at radius 3 is 2.29 bits per heavy atom. The van der Waals surface area contributed by atoms with Gasteiger partial charge >= 0.3 is 5.97 Å². The molecule has 1 unspecified atom stereocenters. The summed E-state index contributed by atoms with van der Waals surface area (Å²) in [6, 6.07) is 7.11. The summed E-state index contributed by atoms with van der Waals surface area (Å²) in [5.41, 5.74) is 1.05. The fraction of sp³-hybridized carbons (Fsp3) is 0.500. The summed E-state index contributed by atoms with van der Waals surface area (Å²) in [6.45, 7) is 5.91. The molecule has 1 aromatic rings. The number of aliphatic carboxylic acids is 1. The van der Waals surface area contributed by atoms with E-state index in [1.807, 2.05) is 12.1 Å². The van der Waals surface area contributed by atoms with E-state index in [0.29, 0.717) is 6.42 Å². The Morgan fingerprint density at radius 2 is 1.82 bits per heavy atom. The average Bonchev–Trinajstić information content (AvgIpc) is 2.26. The SMILES string of the molecule is CC(CCC(C)(C)c1ccc(O)cc1)C(=O)O. The van der Waals surface area contributed by atoms with Crippen LogP contribution in [0.1, 0.15) is 39.2 Å². The van der Waals surface area contributed by atoms with Gasteiger partial charge in [-0.1, -0.05) is 32.9 Å². The first kappa shape index (κ1) is 13.6. The van der Waals surface area contributed by atoms with E-state index in [9.17, 15) is 9.90 Å². The number of rotatable bonds is 5. The van der Waals surface area contributed by atoms with Gasteiger partial charge in [0.2, 0.25) is 0 Å². The topological polar surface area (TPSA) is 57.5 Å². The molecule has 0 bridgehead atoms. The molecular weight excluding hydrogens is 216 g/mol. The zero-order valence-corrected chi connectivity index (χ0v) is 10.6. The van der Waals surface area contributed by atoms with E-state index in [2.05, 4.69) is 13.8 Å². The third kappa shape index (κ3) is 3.77. The van der Waals surface area contributed by atoms with E-state index in [-0.39, 0.29) is 17.1 Å². The Labute approximate surface area is 102 Å². The summed E-state index contributed by atoms with van der Waals surface area (Å²) in [6.07, 6.45) is 1.47. The molecule has 3 nitrogen and oxygen atoms in total. The number of hydrogen-bond acceptors (Lipinski definition) is 2. The zero-order valence-electron chi connectivity index (χ0n) is 10.6. The molecule has 1 rings (SSSR count). The van der Waals surface area contributed by atoms with Gasteiger partial charge in [0.05, 0.1) is 5.92 Å². The number of phenolic OH excluding ortho intramolecular Hbond substituents is 1. The van der Waals surface area contributed by atoms with Crippen molar-refractivity contribution in [2.45, 2.75) is 39.0 Å². The highest BCUT2D eigenvalue weighted by Gasteiger charge is 2.23. The minimum atomic E-state index is -0.744. The summed E-state index contributed by atoms with van der Waals surface area (Å²) < 4.78 is 0. The van der Waals surface area contributed by atoms with Crippen LogP contribution in [-0.2, 0) is 10.2 Å². The third-order valence-electron chi connectivity index (χ3n) is 3.27. The van der Waals surface area contributed by atoms with Crippen LogP contribution >= 0.6 is 0 Å². The summed E-state index contributed by atoms with van der Waals surface area (Å²) in [7, 11) is 0. The molecule has 94 valence electrons. The van der Waals surface area contributed by atoms with Crippen LogP contribution in [0, 0.1) is 5.92 Å². The maximum absolute atomic E-state index is 10.8. The fourth-order valence-corrected chi connectivity index (χ4v) is 1.76. The van der Waals surface area contributed by atoms with Crippen LogP contribution < -0.4 is 0 Å². The van der Waals surface area contributed by atoms with Crippen LogP contribution in [0.2, 0.25) is 0 Å². The molecule has 0 aliphatic heterocycles. The summed E-state index contributed by atoms with van der Waals surface area (Å²) in [4.78, 5) is 10.8. The molecule has 0 saturated carbocycles. The van der Waals surface area contributed by atoms with Gasteiger partial charge in [0.15, 0.2) is 0 Å². The molecule has 0 aromatic heterocycles. The number of carboxylic acids is 1. The van der Waals surface area contributed by atoms with Crippen LogP contribution in [0.25, 0.3) is 0 Å². The van der Waals surface area contributed by atoms with E-state index in [1.165, 1.54) is 0 Å². The lowest BCUT2D eigenvalue weighted by atomic mass is 9.79. The van der Waals surface area contributed by atoms with Crippen molar-refractivity contribution < 1.29 is 15.0 Å². The Balaban J connectivity index is 2.68. The van der Waals surface area contributed by atoms with Gasteiger partial charge in [0.25, 0.3) is 0 Å². The highest BCUT2D eigenvalue weighted by molar-refractivity contribution is 5.69. The lowest BCUT2D eigenvalue weighted by Gasteiger charge is -2.26. The summed E-state index contributed by atoms with van der Waals surface area (Å²) in [5, 5.41) is 18.1. The van der Waals surface area contributed by atoms with Crippen molar-refractivity contribution in [2.24, 2.45) is 5.92 Å². The minimum absolute atomic E-state index is 0.0720. The van der Waals surface area contributed by atoms with Crippen LogP contribution in [-0.4, -0.2) is 16.2 Å². The van der Waals surface area contributed by atoms with Crippen LogP contribution in [0.3, 0.4) is 0 Å². The maximum atomic E-state index is 10.8. The molecular formula is C14H20O3. The number of carboxylic acid groups (broad SMARTS) is 1. The molecule has 0 aliphatic carbocycles. The van der Waals surface area contributed by atoms with Gasteiger partial charge in [-0.15, -0.1) is 0 Å². The first-order valence-electron chi connectivity index (χ1n) is 5.85. The monoisotopic (exact) mass is 236 g/mol. The molecule has 0 fully saturated rings. The Kier molecular flexibility index (Phi) is 4.16. The molecule has 1 atom stereocenters. The molecule has 0 radical (unpaired) electrons. The lowest BCUT2D eigenvalue weighted by Crippen LogP contribution is -2.20. The largest absolute Gasteiger partial charge is 0.508 e. The predicted octanol–water partition coefficient (Wildman–Crippen LogP) is 3.17. The van der Waals surface area contributed by atoms with Crippen LogP contribution in [0.5, 0.6) is 5.75 Å². The highest BCUT2D eigenvalue weighted by Crippen LogP contribution is 2.30. The van der Waals surface area contributed by atoms with E-state index in [4.69, 9.17) is 5.11 Å². The molecule has 0 heterocycles. The molecule has 0 saturated heterocycles. The Bertz CT molecular complexity index is 379. The summed E-state index contributed by atoms with van der Waals surface area (Å²) in [5.74, 6) is -0.804. The molecule has 1 aromatic carbocycles. The van der Waals surface area contributed by atoms with Gasteiger partial charge in [-0.2, -0.15) is 0 Å². The second-order valence-electron chi connectivity index (χ2n) is 5.21. The second-order valence-corrected chi connectivity index (χ2v) is 5.21. The van der Waals surface area contributed by atoms with Gasteiger partial charge in [0.1, 0.15) is 5.75 Å². The lowest BCUT2D eigenvalue weighted by molar-refractivity contribution is -0.141. The van der Waals surface area contributed by atoms with Gasteiger partial charge in [0, 0.05) is 0 Å². The van der Waals surface area contributed by atoms with Crippen LogP contribution in [0.15, 0.2) is 24.3 Å². The first-order chi connectivity index (χ1) is 7.83. The Hall–Kier alpha value is -1.51. The van der Waals surface area contributed by atoms with E-state index in [1.54, 1.807) is 19.1 Å². The molecule has 17 heavy (non-hydrogen) atoms. The number of phenols is 1. The van der Waals surface area contributed by atoms with E-state index in [0.717, 1.165) is 12.0 Å². The number of hydrogen-bond donors (Lipinski definition) is 2. The normalized spacial score (nSPS) is 13.4. The highest BCUT2D eigenvalue weighted by atomic mass is 16.4. The maximum Gasteiger partial charge on any atom is 0.306 e. The molecule has 0 amide bonds. The zero-order chi connectivity index (χ0) is 13.1. The van der Waals surface area contributed by atoms with Crippen molar-refractivity contribution in [1.29, 1.82) is 0 Å². The van der Waals surface area contributed by atoms with Crippen molar-refractivity contribution in [3.05, 3.63) is 29.8 Å². The molecule has 3 heteroatoms. The van der Waals surface area contributed by atoms with Crippen molar-refractivity contribution in [2.75, 3.05) is 0 Å². The first-order valence-corrected chi connectivity index (χ1v) is 5.85. The number of carbonyl (C=O) groups is 1. The van der Waals surface area contributed by atoms with Gasteiger partial charge in [-0.05, 0) is 36.0 Å². The number of aromatic hydroxyl groups is 1. The van der Waals surface area contributed by atoms with E-state index >= 15 is 0 Å². The van der Waals surface area contributed by atoms with Gasteiger partial charge in [-0.3, -0.25) is 4.79 Å². The minimum Gasteiger partial charge on any atom is -0.508 e. The van der Waals surface area contributed by atoms with Gasteiger partial charge < -0.3 is 10.2 Å². The van der Waals surface area contributed by atoms with Gasteiger partial charge in [-0.25, -0.2) is 0 Å². The quantitative estimate of drug-likeness (QED) is 0.825. The standard InChI is InChI=1S/C14H20O3/c1-10(13(16)17)8-9-14(2,3)11-4-6-12(15)7-5-11/h4-7,10,15H,8-9H2,1-3H3,(H,16,17). The molecule has 0 aliphatic rings. The smallest absolute Gasteiger partial charge is 0.306 e.